The molecular weight excluding hydrogens is 352 g/mol. The lowest BCUT2D eigenvalue weighted by Gasteiger charge is -2.19. The third-order valence-corrected chi connectivity index (χ3v) is 4.81. The van der Waals surface area contributed by atoms with Gasteiger partial charge in [0.25, 0.3) is 0 Å². The molecule has 0 bridgehead atoms. The maximum atomic E-state index is 12.5. The van der Waals surface area contributed by atoms with Crippen molar-refractivity contribution in [3.63, 3.8) is 0 Å². The quantitative estimate of drug-likeness (QED) is 0.684. The topological polar surface area (TPSA) is 59.6 Å². The van der Waals surface area contributed by atoms with Crippen LogP contribution in [0.3, 0.4) is 0 Å². The monoisotopic (exact) mass is 378 g/mol. The lowest BCUT2D eigenvalue weighted by molar-refractivity contribution is 0.235. The van der Waals surface area contributed by atoms with Gasteiger partial charge in [-0.25, -0.2) is 4.79 Å². The number of hydrogen-bond donors (Lipinski definition) is 2. The van der Waals surface area contributed by atoms with E-state index in [0.717, 1.165) is 24.0 Å². The molecule has 5 nitrogen and oxygen atoms in total. The zero-order valence-electron chi connectivity index (χ0n) is 16.3. The van der Waals surface area contributed by atoms with Gasteiger partial charge in [-0.15, -0.1) is 6.42 Å². The van der Waals surface area contributed by atoms with Crippen molar-refractivity contribution in [2.45, 2.75) is 32.4 Å². The number of methoxy groups -OCH3 is 1. The fraction of sp³-hybridized carbons (Fsp3) is 0.348. The van der Waals surface area contributed by atoms with Gasteiger partial charge in [-0.1, -0.05) is 41.8 Å². The molecule has 1 aliphatic carbocycles. The van der Waals surface area contributed by atoms with Crippen LogP contribution in [0, 0.1) is 25.2 Å². The highest BCUT2D eigenvalue weighted by Crippen LogP contribution is 2.41. The Balaban J connectivity index is 1.60. The summed E-state index contributed by atoms with van der Waals surface area (Å²) in [6, 6.07) is 13.7. The fourth-order valence-corrected chi connectivity index (χ4v) is 3.11. The van der Waals surface area contributed by atoms with E-state index in [2.05, 4.69) is 47.7 Å². The van der Waals surface area contributed by atoms with Crippen molar-refractivity contribution in [3.05, 3.63) is 59.2 Å². The number of benzene rings is 2. The standard InChI is InChI=1S/C23H26N2O3/c1-4-13-28-21-14-17(7-12-20(21)27-3)15-24-23(26)25-22(19-10-11-19)18-8-5-16(2)6-9-18/h1,5-9,12,14,19,22H,10-11,13,15H2,2-3H3,(H2,24,25,26). The average Bonchev–Trinajstić information content (AvgIpc) is 3.55. The Labute approximate surface area is 166 Å². The van der Waals surface area contributed by atoms with E-state index >= 15 is 0 Å². The van der Waals surface area contributed by atoms with Gasteiger partial charge in [0.1, 0.15) is 6.61 Å². The number of hydrogen-bond acceptors (Lipinski definition) is 3. The van der Waals surface area contributed by atoms with Crippen molar-refractivity contribution in [2.24, 2.45) is 5.92 Å². The Morgan fingerprint density at radius 2 is 1.96 bits per heavy atom. The molecule has 1 aliphatic rings. The van der Waals surface area contributed by atoms with Gasteiger partial charge in [-0.3, -0.25) is 0 Å². The predicted octanol–water partition coefficient (Wildman–Crippen LogP) is 3.97. The summed E-state index contributed by atoms with van der Waals surface area (Å²) in [6.07, 6.45) is 7.55. The second-order valence-electron chi connectivity index (χ2n) is 7.03. The number of carbonyl (C=O) groups is 1. The zero-order valence-corrected chi connectivity index (χ0v) is 16.3. The lowest BCUT2D eigenvalue weighted by Crippen LogP contribution is -2.38. The van der Waals surface area contributed by atoms with Gasteiger partial charge >= 0.3 is 6.03 Å². The molecule has 3 rings (SSSR count). The van der Waals surface area contributed by atoms with Gasteiger partial charge in [-0.05, 0) is 48.9 Å². The first-order valence-electron chi connectivity index (χ1n) is 9.45. The molecule has 0 spiro atoms. The number of amides is 2. The number of rotatable bonds is 8. The Hall–Kier alpha value is -3.13. The van der Waals surface area contributed by atoms with Crippen LogP contribution in [0.1, 0.15) is 35.6 Å². The first-order valence-corrected chi connectivity index (χ1v) is 9.45. The summed E-state index contributed by atoms with van der Waals surface area (Å²) < 4.78 is 10.8. The fourth-order valence-electron chi connectivity index (χ4n) is 3.11. The first kappa shape index (κ1) is 19.6. The predicted molar refractivity (Wildman–Crippen MR) is 109 cm³/mol. The molecule has 1 saturated carbocycles. The minimum absolute atomic E-state index is 0.0472. The van der Waals surface area contributed by atoms with E-state index < -0.39 is 0 Å². The number of ether oxygens (including phenoxy) is 2. The van der Waals surface area contributed by atoms with Gasteiger partial charge < -0.3 is 20.1 Å². The van der Waals surface area contributed by atoms with Crippen molar-refractivity contribution in [1.29, 1.82) is 0 Å². The van der Waals surface area contributed by atoms with Gasteiger partial charge in [-0.2, -0.15) is 0 Å². The van der Waals surface area contributed by atoms with Gasteiger partial charge in [0.05, 0.1) is 13.2 Å². The van der Waals surface area contributed by atoms with Crippen LogP contribution in [0.25, 0.3) is 0 Å². The average molecular weight is 378 g/mol. The normalized spacial score (nSPS) is 13.9. The Bertz CT molecular complexity index is 851. The lowest BCUT2D eigenvalue weighted by atomic mass is 10.0. The molecular formula is C23H26N2O3. The van der Waals surface area contributed by atoms with Crippen LogP contribution in [0.2, 0.25) is 0 Å². The van der Waals surface area contributed by atoms with Gasteiger partial charge in [0.2, 0.25) is 0 Å². The van der Waals surface area contributed by atoms with Crippen LogP contribution < -0.4 is 20.1 Å². The van der Waals surface area contributed by atoms with Crippen LogP contribution in [-0.2, 0) is 6.54 Å². The molecule has 1 atom stereocenters. The molecule has 2 N–H and O–H groups in total. The molecule has 1 unspecified atom stereocenters. The third kappa shape index (κ3) is 5.20. The molecule has 0 aliphatic heterocycles. The van der Waals surface area contributed by atoms with Crippen LogP contribution in [0.15, 0.2) is 42.5 Å². The van der Waals surface area contributed by atoms with E-state index in [1.165, 1.54) is 5.56 Å². The summed E-state index contributed by atoms with van der Waals surface area (Å²) in [5.41, 5.74) is 3.27. The van der Waals surface area contributed by atoms with Crippen molar-refractivity contribution in [2.75, 3.05) is 13.7 Å². The van der Waals surface area contributed by atoms with E-state index in [0.29, 0.717) is 24.0 Å². The second-order valence-corrected chi connectivity index (χ2v) is 7.03. The van der Waals surface area contributed by atoms with Crippen molar-refractivity contribution >= 4 is 6.03 Å². The van der Waals surface area contributed by atoms with Gasteiger partial charge in [0, 0.05) is 6.54 Å². The molecule has 2 amide bonds. The van der Waals surface area contributed by atoms with E-state index in [1.54, 1.807) is 13.2 Å². The van der Waals surface area contributed by atoms with E-state index in [-0.39, 0.29) is 18.7 Å². The molecule has 1 fully saturated rings. The summed E-state index contributed by atoms with van der Waals surface area (Å²) in [4.78, 5) is 12.5. The zero-order chi connectivity index (χ0) is 19.9. The van der Waals surface area contributed by atoms with E-state index in [9.17, 15) is 4.79 Å². The van der Waals surface area contributed by atoms with Crippen molar-refractivity contribution < 1.29 is 14.3 Å². The Morgan fingerprint density at radius 1 is 1.21 bits per heavy atom. The van der Waals surface area contributed by atoms with Crippen LogP contribution in [0.5, 0.6) is 11.5 Å². The summed E-state index contributed by atoms with van der Waals surface area (Å²) >= 11 is 0. The largest absolute Gasteiger partial charge is 0.493 e. The molecule has 0 radical (unpaired) electrons. The number of terminal acetylenes is 1. The number of carbonyl (C=O) groups excluding carboxylic acids is 1. The summed E-state index contributed by atoms with van der Waals surface area (Å²) in [6.45, 7) is 2.60. The summed E-state index contributed by atoms with van der Waals surface area (Å²) in [7, 11) is 1.58. The van der Waals surface area contributed by atoms with Gasteiger partial charge in [0.15, 0.2) is 11.5 Å². The highest BCUT2D eigenvalue weighted by Gasteiger charge is 2.33. The molecule has 0 aromatic heterocycles. The highest BCUT2D eigenvalue weighted by atomic mass is 16.5. The van der Waals surface area contributed by atoms with Crippen molar-refractivity contribution in [1.82, 2.24) is 10.6 Å². The van der Waals surface area contributed by atoms with Crippen LogP contribution in [-0.4, -0.2) is 19.7 Å². The molecule has 0 heterocycles. The number of nitrogens with one attached hydrogen (secondary N) is 2. The Kier molecular flexibility index (Phi) is 6.44. The summed E-state index contributed by atoms with van der Waals surface area (Å²) in [5.74, 6) is 4.12. The Morgan fingerprint density at radius 3 is 2.61 bits per heavy atom. The SMILES string of the molecule is C#CCOc1cc(CNC(=O)NC(c2ccc(C)cc2)C2CC2)ccc1OC. The number of urea groups is 1. The maximum Gasteiger partial charge on any atom is 0.315 e. The molecule has 0 saturated heterocycles. The van der Waals surface area contributed by atoms with E-state index in [1.807, 2.05) is 12.1 Å². The molecule has 146 valence electrons. The van der Waals surface area contributed by atoms with E-state index in [4.69, 9.17) is 15.9 Å². The van der Waals surface area contributed by atoms with Crippen molar-refractivity contribution in [3.8, 4) is 23.8 Å². The minimum atomic E-state index is -0.181. The minimum Gasteiger partial charge on any atom is -0.493 e. The maximum absolute atomic E-state index is 12.5. The molecule has 2 aromatic carbocycles. The highest BCUT2D eigenvalue weighted by molar-refractivity contribution is 5.74. The second kappa shape index (κ2) is 9.18. The number of aryl methyl sites for hydroxylation is 1. The summed E-state index contributed by atoms with van der Waals surface area (Å²) in [5, 5.41) is 6.05. The third-order valence-electron chi connectivity index (χ3n) is 4.81. The molecule has 2 aromatic rings. The smallest absolute Gasteiger partial charge is 0.315 e. The first-order chi connectivity index (χ1) is 13.6. The van der Waals surface area contributed by atoms with Crippen LogP contribution in [0.4, 0.5) is 4.79 Å². The molecule has 5 heteroatoms. The molecule has 28 heavy (non-hydrogen) atoms. The van der Waals surface area contributed by atoms with Crippen LogP contribution >= 0.6 is 0 Å².